The Bertz CT molecular complexity index is 349. The van der Waals surface area contributed by atoms with Gasteiger partial charge in [-0.2, -0.15) is 0 Å². The van der Waals surface area contributed by atoms with Crippen molar-refractivity contribution in [3.05, 3.63) is 14.5 Å². The molecule has 1 aromatic heterocycles. The first-order chi connectivity index (χ1) is 6.43. The highest BCUT2D eigenvalue weighted by molar-refractivity contribution is 9.11. The van der Waals surface area contributed by atoms with Crippen LogP contribution in [0.2, 0.25) is 0 Å². The smallest absolute Gasteiger partial charge is 0.312 e. The standard InChI is InChI=1S/C9H12BrNO2S/c1-4(2)8-11-6(7(10)14-8)5(3)9(12)13/h4-5H,1-3H3,(H,12,13). The molecule has 1 unspecified atom stereocenters. The molecule has 3 nitrogen and oxygen atoms in total. The molecule has 0 saturated heterocycles. The van der Waals surface area contributed by atoms with Gasteiger partial charge >= 0.3 is 5.97 Å². The minimum atomic E-state index is -0.841. The number of thiazole rings is 1. The molecule has 78 valence electrons. The first-order valence-electron chi connectivity index (χ1n) is 4.32. The summed E-state index contributed by atoms with van der Waals surface area (Å²) in [6.07, 6.45) is 0. The largest absolute Gasteiger partial charge is 0.481 e. The molecule has 1 rings (SSSR count). The van der Waals surface area contributed by atoms with Gasteiger partial charge in [0, 0.05) is 5.92 Å². The van der Waals surface area contributed by atoms with Crippen molar-refractivity contribution in [2.45, 2.75) is 32.6 Å². The highest BCUT2D eigenvalue weighted by Crippen LogP contribution is 2.33. The van der Waals surface area contributed by atoms with Crippen LogP contribution in [0.4, 0.5) is 0 Å². The van der Waals surface area contributed by atoms with Crippen molar-refractivity contribution in [2.75, 3.05) is 0 Å². The third kappa shape index (κ3) is 2.33. The number of hydrogen-bond acceptors (Lipinski definition) is 3. The quantitative estimate of drug-likeness (QED) is 0.923. The first-order valence-corrected chi connectivity index (χ1v) is 5.93. The van der Waals surface area contributed by atoms with Crippen LogP contribution in [0.15, 0.2) is 3.79 Å². The van der Waals surface area contributed by atoms with E-state index in [1.807, 2.05) is 13.8 Å². The number of carbonyl (C=O) groups is 1. The average Bonchev–Trinajstić information content (AvgIpc) is 2.46. The molecule has 0 aromatic carbocycles. The van der Waals surface area contributed by atoms with Crippen LogP contribution in [0.5, 0.6) is 0 Å². The van der Waals surface area contributed by atoms with Crippen molar-refractivity contribution in [3.63, 3.8) is 0 Å². The Balaban J connectivity index is 3.04. The number of nitrogens with zero attached hydrogens (tertiary/aromatic N) is 1. The molecule has 14 heavy (non-hydrogen) atoms. The van der Waals surface area contributed by atoms with E-state index < -0.39 is 11.9 Å². The van der Waals surface area contributed by atoms with Gasteiger partial charge in [0.1, 0.15) is 0 Å². The fourth-order valence-electron chi connectivity index (χ4n) is 0.961. The topological polar surface area (TPSA) is 50.2 Å². The Hall–Kier alpha value is -0.420. The van der Waals surface area contributed by atoms with E-state index in [1.165, 1.54) is 11.3 Å². The number of rotatable bonds is 3. The normalized spacial score (nSPS) is 13.2. The zero-order chi connectivity index (χ0) is 10.9. The van der Waals surface area contributed by atoms with Crippen molar-refractivity contribution in [3.8, 4) is 0 Å². The first kappa shape index (κ1) is 11.7. The number of hydrogen-bond donors (Lipinski definition) is 1. The van der Waals surface area contributed by atoms with Crippen LogP contribution >= 0.6 is 27.3 Å². The van der Waals surface area contributed by atoms with Crippen LogP contribution in [0, 0.1) is 0 Å². The summed E-state index contributed by atoms with van der Waals surface area (Å²) in [5, 5.41) is 9.82. The fourth-order valence-corrected chi connectivity index (χ4v) is 2.78. The zero-order valence-corrected chi connectivity index (χ0v) is 10.6. The Labute approximate surface area is 95.3 Å². The van der Waals surface area contributed by atoms with Crippen LogP contribution in [0.3, 0.4) is 0 Å². The summed E-state index contributed by atoms with van der Waals surface area (Å²) in [6.45, 7) is 5.73. The van der Waals surface area contributed by atoms with Gasteiger partial charge in [-0.15, -0.1) is 11.3 Å². The summed E-state index contributed by atoms with van der Waals surface area (Å²) in [4.78, 5) is 15.1. The molecular weight excluding hydrogens is 266 g/mol. The van der Waals surface area contributed by atoms with Crippen molar-refractivity contribution in [1.82, 2.24) is 4.98 Å². The maximum atomic E-state index is 10.8. The molecule has 0 aliphatic rings. The Morgan fingerprint density at radius 3 is 2.43 bits per heavy atom. The summed E-state index contributed by atoms with van der Waals surface area (Å²) in [6, 6.07) is 0. The second kappa shape index (κ2) is 4.40. The van der Waals surface area contributed by atoms with Gasteiger partial charge in [0.2, 0.25) is 0 Å². The maximum Gasteiger partial charge on any atom is 0.312 e. The summed E-state index contributed by atoms with van der Waals surface area (Å²) >= 11 is 4.86. The van der Waals surface area contributed by atoms with Crippen molar-refractivity contribution >= 4 is 33.2 Å². The lowest BCUT2D eigenvalue weighted by Crippen LogP contribution is -2.08. The highest BCUT2D eigenvalue weighted by atomic mass is 79.9. The molecule has 1 N–H and O–H groups in total. The van der Waals surface area contributed by atoms with Gasteiger partial charge in [-0.3, -0.25) is 4.79 Å². The van der Waals surface area contributed by atoms with Crippen LogP contribution in [0.1, 0.15) is 43.3 Å². The molecule has 0 bridgehead atoms. The van der Waals surface area contributed by atoms with E-state index in [2.05, 4.69) is 20.9 Å². The Morgan fingerprint density at radius 1 is 1.50 bits per heavy atom. The minimum Gasteiger partial charge on any atom is -0.481 e. The van der Waals surface area contributed by atoms with Crippen LogP contribution in [-0.4, -0.2) is 16.1 Å². The number of carboxylic acids is 1. The fraction of sp³-hybridized carbons (Fsp3) is 0.556. The predicted molar refractivity (Wildman–Crippen MR) is 60.0 cm³/mol. The lowest BCUT2D eigenvalue weighted by atomic mass is 10.1. The predicted octanol–water partition coefficient (Wildman–Crippen LogP) is 3.22. The Morgan fingerprint density at radius 2 is 2.07 bits per heavy atom. The molecular formula is C9H12BrNO2S. The van der Waals surface area contributed by atoms with Crippen molar-refractivity contribution in [1.29, 1.82) is 0 Å². The minimum absolute atomic E-state index is 0.339. The van der Waals surface area contributed by atoms with Gasteiger partial charge in [-0.1, -0.05) is 13.8 Å². The summed E-state index contributed by atoms with van der Waals surface area (Å²) in [5.41, 5.74) is 0.631. The molecule has 1 atom stereocenters. The lowest BCUT2D eigenvalue weighted by molar-refractivity contribution is -0.138. The van der Waals surface area contributed by atoms with Gasteiger partial charge in [-0.25, -0.2) is 4.98 Å². The third-order valence-electron chi connectivity index (χ3n) is 1.90. The third-order valence-corrected chi connectivity index (χ3v) is 3.95. The van der Waals surface area contributed by atoms with Crippen LogP contribution < -0.4 is 0 Å². The number of halogens is 1. The molecule has 0 fully saturated rings. The van der Waals surface area contributed by atoms with Crippen LogP contribution in [0.25, 0.3) is 0 Å². The molecule has 1 heterocycles. The molecule has 1 aromatic rings. The van der Waals surface area contributed by atoms with Gasteiger partial charge in [0.05, 0.1) is 20.4 Å². The van der Waals surface area contributed by atoms with Crippen molar-refractivity contribution in [2.24, 2.45) is 0 Å². The average molecular weight is 278 g/mol. The number of aliphatic carboxylic acids is 1. The molecule has 5 heteroatoms. The zero-order valence-electron chi connectivity index (χ0n) is 8.24. The van der Waals surface area contributed by atoms with Gasteiger partial charge in [0.15, 0.2) is 0 Å². The van der Waals surface area contributed by atoms with E-state index in [9.17, 15) is 4.79 Å². The molecule has 0 saturated carbocycles. The molecule has 0 amide bonds. The summed E-state index contributed by atoms with van der Waals surface area (Å²) in [5.74, 6) is -1.05. The van der Waals surface area contributed by atoms with Crippen molar-refractivity contribution < 1.29 is 9.90 Å². The lowest BCUT2D eigenvalue weighted by Gasteiger charge is -2.02. The Kier molecular flexibility index (Phi) is 3.66. The number of carboxylic acid groups (broad SMARTS) is 1. The van der Waals surface area contributed by atoms with Gasteiger partial charge < -0.3 is 5.11 Å². The molecule has 0 aliphatic heterocycles. The van der Waals surface area contributed by atoms with E-state index in [1.54, 1.807) is 6.92 Å². The summed E-state index contributed by atoms with van der Waals surface area (Å²) < 4.78 is 0.830. The van der Waals surface area contributed by atoms with Gasteiger partial charge in [-0.05, 0) is 22.9 Å². The summed E-state index contributed by atoms with van der Waals surface area (Å²) in [7, 11) is 0. The van der Waals surface area contributed by atoms with E-state index in [4.69, 9.17) is 5.11 Å². The molecule has 0 aliphatic carbocycles. The van der Waals surface area contributed by atoms with E-state index in [-0.39, 0.29) is 0 Å². The molecule has 0 radical (unpaired) electrons. The SMILES string of the molecule is CC(C)c1nc(C(C)C(=O)O)c(Br)s1. The monoisotopic (exact) mass is 277 g/mol. The second-order valence-corrected chi connectivity index (χ2v) is 5.77. The highest BCUT2D eigenvalue weighted by Gasteiger charge is 2.21. The van der Waals surface area contributed by atoms with E-state index >= 15 is 0 Å². The molecule has 0 spiro atoms. The number of aromatic nitrogens is 1. The van der Waals surface area contributed by atoms with Crippen LogP contribution in [-0.2, 0) is 4.79 Å². The van der Waals surface area contributed by atoms with E-state index in [0.717, 1.165) is 8.79 Å². The second-order valence-electron chi connectivity index (χ2n) is 3.43. The maximum absolute atomic E-state index is 10.8. The van der Waals surface area contributed by atoms with Gasteiger partial charge in [0.25, 0.3) is 0 Å². The van der Waals surface area contributed by atoms with E-state index in [0.29, 0.717) is 11.6 Å².